The summed E-state index contributed by atoms with van der Waals surface area (Å²) in [6, 6.07) is 11.2. The maximum atomic E-state index is 6.12. The van der Waals surface area contributed by atoms with Gasteiger partial charge in [0, 0.05) is 12.1 Å². The molecule has 0 atom stereocenters. The summed E-state index contributed by atoms with van der Waals surface area (Å²) in [4.78, 5) is 0. The molecule has 0 spiro atoms. The van der Waals surface area contributed by atoms with Gasteiger partial charge < -0.3 is 10.2 Å². The number of rotatable bonds is 4. The third-order valence-electron chi connectivity index (χ3n) is 2.64. The van der Waals surface area contributed by atoms with Crippen molar-refractivity contribution in [1.82, 2.24) is 5.01 Å². The first-order chi connectivity index (χ1) is 9.61. The normalized spacial score (nSPS) is 10.9. The highest BCUT2D eigenvalue weighted by molar-refractivity contribution is 7.80. The van der Waals surface area contributed by atoms with Crippen molar-refractivity contribution in [3.8, 4) is 11.3 Å². The molecule has 4 nitrogen and oxygen atoms in total. The van der Waals surface area contributed by atoms with Crippen LogP contribution in [0.2, 0.25) is 5.02 Å². The lowest BCUT2D eigenvalue weighted by Crippen LogP contribution is -2.30. The summed E-state index contributed by atoms with van der Waals surface area (Å²) >= 11 is 11.0. The highest BCUT2D eigenvalue weighted by Gasteiger charge is 2.07. The fourth-order valence-electron chi connectivity index (χ4n) is 1.65. The minimum atomic E-state index is 0.224. The topological polar surface area (TPSA) is 54.8 Å². The van der Waals surface area contributed by atoms with Crippen molar-refractivity contribution in [2.75, 3.05) is 6.54 Å². The first-order valence-corrected chi connectivity index (χ1v) is 6.86. The molecule has 0 unspecified atom stereocenters. The molecular formula is C14H14ClN3OS. The third-order valence-corrected chi connectivity index (χ3v) is 3.18. The van der Waals surface area contributed by atoms with Gasteiger partial charge in [-0.15, -0.1) is 0 Å². The Morgan fingerprint density at radius 1 is 1.40 bits per heavy atom. The summed E-state index contributed by atoms with van der Waals surface area (Å²) in [7, 11) is 0. The molecule has 0 aliphatic heterocycles. The summed E-state index contributed by atoms with van der Waals surface area (Å²) in [6.45, 7) is 2.51. The lowest BCUT2D eigenvalue weighted by molar-refractivity contribution is 0.474. The summed E-state index contributed by atoms with van der Waals surface area (Å²) < 4.78 is 5.68. The lowest BCUT2D eigenvalue weighted by Gasteiger charge is -2.12. The van der Waals surface area contributed by atoms with Crippen LogP contribution >= 0.6 is 23.8 Å². The Hall–Kier alpha value is -1.85. The minimum absolute atomic E-state index is 0.224. The summed E-state index contributed by atoms with van der Waals surface area (Å²) in [5.41, 5.74) is 6.37. The molecular weight excluding hydrogens is 294 g/mol. The van der Waals surface area contributed by atoms with Gasteiger partial charge in [-0.2, -0.15) is 5.10 Å². The average molecular weight is 308 g/mol. The van der Waals surface area contributed by atoms with E-state index in [2.05, 4.69) is 5.10 Å². The van der Waals surface area contributed by atoms with Gasteiger partial charge in [0.05, 0.1) is 11.2 Å². The fourth-order valence-corrected chi connectivity index (χ4v) is 2.05. The molecule has 0 fully saturated rings. The molecule has 1 aromatic heterocycles. The second-order valence-corrected chi connectivity index (χ2v) is 4.81. The van der Waals surface area contributed by atoms with Crippen molar-refractivity contribution in [3.63, 3.8) is 0 Å². The standard InChI is InChI=1S/C14H14ClN3OS/c1-2-18(14(16)20)17-9-10-7-8-13(19-10)11-5-3-4-6-12(11)15/h3-9H,2H2,1H3,(H2,16,20). The molecule has 6 heteroatoms. The predicted molar refractivity (Wildman–Crippen MR) is 85.9 cm³/mol. The van der Waals surface area contributed by atoms with E-state index in [0.29, 0.717) is 23.1 Å². The van der Waals surface area contributed by atoms with Gasteiger partial charge in [-0.25, -0.2) is 5.01 Å². The smallest absolute Gasteiger partial charge is 0.186 e. The van der Waals surface area contributed by atoms with Crippen LogP contribution in [-0.2, 0) is 0 Å². The summed E-state index contributed by atoms with van der Waals surface area (Å²) in [5.74, 6) is 1.30. The highest BCUT2D eigenvalue weighted by Crippen LogP contribution is 2.28. The van der Waals surface area contributed by atoms with Crippen LogP contribution in [0.15, 0.2) is 45.9 Å². The quantitative estimate of drug-likeness (QED) is 0.533. The van der Waals surface area contributed by atoms with Crippen molar-refractivity contribution in [1.29, 1.82) is 0 Å². The number of nitrogens with two attached hydrogens (primary N) is 1. The van der Waals surface area contributed by atoms with E-state index in [1.54, 1.807) is 6.21 Å². The molecule has 0 radical (unpaired) electrons. The lowest BCUT2D eigenvalue weighted by atomic mass is 10.2. The number of hydrazone groups is 1. The van der Waals surface area contributed by atoms with E-state index in [-0.39, 0.29) is 5.11 Å². The molecule has 0 saturated heterocycles. The van der Waals surface area contributed by atoms with Gasteiger partial charge in [0.1, 0.15) is 11.5 Å². The van der Waals surface area contributed by atoms with Gasteiger partial charge in [0.2, 0.25) is 0 Å². The first kappa shape index (κ1) is 14.6. The van der Waals surface area contributed by atoms with E-state index in [9.17, 15) is 0 Å². The highest BCUT2D eigenvalue weighted by atomic mass is 35.5. The minimum Gasteiger partial charge on any atom is -0.455 e. The van der Waals surface area contributed by atoms with Crippen molar-refractivity contribution >= 4 is 35.1 Å². The Morgan fingerprint density at radius 3 is 2.80 bits per heavy atom. The van der Waals surface area contributed by atoms with E-state index in [1.807, 2.05) is 43.3 Å². The Balaban J connectivity index is 2.20. The Kier molecular flexibility index (Phi) is 4.76. The van der Waals surface area contributed by atoms with Gasteiger partial charge in [-0.1, -0.05) is 23.7 Å². The molecule has 0 aliphatic carbocycles. The van der Waals surface area contributed by atoms with Crippen LogP contribution in [-0.4, -0.2) is 22.9 Å². The van der Waals surface area contributed by atoms with Crippen LogP contribution in [0.25, 0.3) is 11.3 Å². The number of halogens is 1. The first-order valence-electron chi connectivity index (χ1n) is 6.07. The molecule has 104 valence electrons. The van der Waals surface area contributed by atoms with E-state index in [4.69, 9.17) is 34.0 Å². The van der Waals surface area contributed by atoms with Gasteiger partial charge >= 0.3 is 0 Å². The Labute approximate surface area is 127 Å². The molecule has 0 amide bonds. The predicted octanol–water partition coefficient (Wildman–Crippen LogP) is 3.50. The van der Waals surface area contributed by atoms with Crippen LogP contribution < -0.4 is 5.73 Å². The van der Waals surface area contributed by atoms with E-state index in [1.165, 1.54) is 5.01 Å². The maximum Gasteiger partial charge on any atom is 0.186 e. The number of benzene rings is 1. The van der Waals surface area contributed by atoms with Crippen LogP contribution in [0.3, 0.4) is 0 Å². The zero-order valence-electron chi connectivity index (χ0n) is 10.9. The molecule has 1 heterocycles. The molecule has 0 saturated carbocycles. The number of furan rings is 1. The second kappa shape index (κ2) is 6.54. The molecule has 20 heavy (non-hydrogen) atoms. The number of nitrogens with zero attached hydrogens (tertiary/aromatic N) is 2. The van der Waals surface area contributed by atoms with Crippen LogP contribution in [0.5, 0.6) is 0 Å². The van der Waals surface area contributed by atoms with Crippen molar-refractivity contribution in [2.24, 2.45) is 10.8 Å². The van der Waals surface area contributed by atoms with Gasteiger partial charge in [-0.05, 0) is 43.4 Å². The number of hydrogen-bond donors (Lipinski definition) is 1. The van der Waals surface area contributed by atoms with Crippen molar-refractivity contribution in [3.05, 3.63) is 47.2 Å². The summed E-state index contributed by atoms with van der Waals surface area (Å²) in [6.07, 6.45) is 1.57. The zero-order chi connectivity index (χ0) is 14.5. The van der Waals surface area contributed by atoms with Gasteiger partial charge in [0.15, 0.2) is 5.11 Å². The molecule has 0 aliphatic rings. The van der Waals surface area contributed by atoms with E-state index >= 15 is 0 Å². The fraction of sp³-hybridized carbons (Fsp3) is 0.143. The monoisotopic (exact) mass is 307 g/mol. The molecule has 0 bridgehead atoms. The molecule has 1 aromatic carbocycles. The molecule has 2 N–H and O–H groups in total. The molecule has 2 rings (SSSR count). The van der Waals surface area contributed by atoms with E-state index < -0.39 is 0 Å². The van der Waals surface area contributed by atoms with Crippen LogP contribution in [0, 0.1) is 0 Å². The van der Waals surface area contributed by atoms with Crippen molar-refractivity contribution in [2.45, 2.75) is 6.92 Å². The zero-order valence-corrected chi connectivity index (χ0v) is 12.5. The Bertz CT molecular complexity index is 639. The van der Waals surface area contributed by atoms with E-state index in [0.717, 1.165) is 5.56 Å². The number of thiocarbonyl (C=S) groups is 1. The SMILES string of the molecule is CCN(N=Cc1ccc(-c2ccccc2Cl)o1)C(N)=S. The summed E-state index contributed by atoms with van der Waals surface area (Å²) in [5, 5.41) is 6.53. The third kappa shape index (κ3) is 3.37. The largest absolute Gasteiger partial charge is 0.455 e. The van der Waals surface area contributed by atoms with Crippen LogP contribution in [0.1, 0.15) is 12.7 Å². The van der Waals surface area contributed by atoms with Crippen LogP contribution in [0.4, 0.5) is 0 Å². The second-order valence-electron chi connectivity index (χ2n) is 3.98. The Morgan fingerprint density at radius 2 is 2.15 bits per heavy atom. The van der Waals surface area contributed by atoms with Gasteiger partial charge in [-0.3, -0.25) is 0 Å². The average Bonchev–Trinajstić information content (AvgIpc) is 2.88. The van der Waals surface area contributed by atoms with Crippen molar-refractivity contribution < 1.29 is 4.42 Å². The molecule has 2 aromatic rings. The maximum absolute atomic E-state index is 6.12. The van der Waals surface area contributed by atoms with Gasteiger partial charge in [0.25, 0.3) is 0 Å². The number of hydrogen-bond acceptors (Lipinski definition) is 3.